The number of benzene rings is 2. The average Bonchev–Trinajstić information content (AvgIpc) is 2.81. The Hall–Kier alpha value is -2.72. The molecule has 2 heterocycles. The molecule has 1 N–H and O–H groups in total. The number of aryl methyl sites for hydroxylation is 2. The summed E-state index contributed by atoms with van der Waals surface area (Å²) in [7, 11) is -2.40. The number of hydrogen-bond acceptors (Lipinski definition) is 6. The Bertz CT molecular complexity index is 1300. The smallest absolute Gasteiger partial charge is 0.252 e. The maximum Gasteiger partial charge on any atom is 0.252 e. The van der Waals surface area contributed by atoms with E-state index in [1.807, 2.05) is 26.0 Å². The van der Waals surface area contributed by atoms with Gasteiger partial charge in [0, 0.05) is 24.2 Å². The molecule has 0 unspecified atom stereocenters. The van der Waals surface area contributed by atoms with Gasteiger partial charge in [-0.3, -0.25) is 4.79 Å². The van der Waals surface area contributed by atoms with Crippen LogP contribution in [0.2, 0.25) is 0 Å². The Kier molecular flexibility index (Phi) is 6.85. The molecule has 0 bridgehead atoms. The fourth-order valence-electron chi connectivity index (χ4n) is 3.84. The molecule has 0 spiro atoms. The van der Waals surface area contributed by atoms with Gasteiger partial charge in [0.15, 0.2) is 0 Å². The van der Waals surface area contributed by atoms with Crippen LogP contribution in [0.4, 0.5) is 0 Å². The lowest BCUT2D eigenvalue weighted by atomic mass is 10.0. The Morgan fingerprint density at radius 3 is 2.48 bits per heavy atom. The minimum Gasteiger partial charge on any atom is -0.497 e. The Morgan fingerprint density at radius 2 is 1.82 bits per heavy atom. The first-order chi connectivity index (χ1) is 15.8. The second-order valence-corrected chi connectivity index (χ2v) is 10.1. The zero-order chi connectivity index (χ0) is 23.6. The fourth-order valence-corrected chi connectivity index (χ4v) is 5.29. The number of aromatic amines is 1. The van der Waals surface area contributed by atoms with E-state index in [4.69, 9.17) is 14.2 Å². The largest absolute Gasteiger partial charge is 0.497 e. The van der Waals surface area contributed by atoms with Crippen molar-refractivity contribution in [3.8, 4) is 5.75 Å². The topological polar surface area (TPSA) is 97.9 Å². The number of sulfonamides is 1. The van der Waals surface area contributed by atoms with Crippen molar-refractivity contribution in [2.75, 3.05) is 33.5 Å². The summed E-state index contributed by atoms with van der Waals surface area (Å²) >= 11 is 0. The van der Waals surface area contributed by atoms with Crippen LogP contribution < -0.4 is 10.3 Å². The lowest BCUT2D eigenvalue weighted by Gasteiger charge is -2.29. The van der Waals surface area contributed by atoms with Gasteiger partial charge < -0.3 is 19.2 Å². The van der Waals surface area contributed by atoms with E-state index in [1.54, 1.807) is 18.2 Å². The van der Waals surface area contributed by atoms with Gasteiger partial charge in [-0.2, -0.15) is 4.31 Å². The normalized spacial score (nSPS) is 16.9. The molecular formula is C24H28N2O6S. The van der Waals surface area contributed by atoms with Crippen LogP contribution in [0.1, 0.15) is 16.7 Å². The molecule has 8 nitrogen and oxygen atoms in total. The van der Waals surface area contributed by atoms with E-state index >= 15 is 0 Å². The number of rotatable bonds is 7. The third-order valence-corrected chi connectivity index (χ3v) is 7.70. The molecule has 1 saturated heterocycles. The summed E-state index contributed by atoms with van der Waals surface area (Å²) in [5, 5.41) is 0.853. The molecule has 176 valence electrons. The van der Waals surface area contributed by atoms with Gasteiger partial charge >= 0.3 is 0 Å². The van der Waals surface area contributed by atoms with Crippen molar-refractivity contribution in [3.05, 3.63) is 69.5 Å². The number of H-pyrrole nitrogens is 1. The molecule has 1 fully saturated rings. The summed E-state index contributed by atoms with van der Waals surface area (Å²) in [6.07, 6.45) is -0.420. The molecule has 33 heavy (non-hydrogen) atoms. The maximum absolute atomic E-state index is 13.6. The highest BCUT2D eigenvalue weighted by Crippen LogP contribution is 2.23. The third kappa shape index (κ3) is 5.11. The summed E-state index contributed by atoms with van der Waals surface area (Å²) in [5.74, 6) is 0.557. The quantitative estimate of drug-likeness (QED) is 0.568. The van der Waals surface area contributed by atoms with Crippen molar-refractivity contribution >= 4 is 20.9 Å². The molecule has 0 amide bonds. The molecule has 2 aromatic carbocycles. The number of nitrogens with zero attached hydrogens (tertiary/aromatic N) is 1. The maximum atomic E-state index is 13.6. The summed E-state index contributed by atoms with van der Waals surface area (Å²) in [6.45, 7) is 5.13. The number of aromatic nitrogens is 1. The molecule has 9 heteroatoms. The van der Waals surface area contributed by atoms with Gasteiger partial charge in [-0.05, 0) is 72.8 Å². The molecule has 1 aromatic heterocycles. The van der Waals surface area contributed by atoms with Crippen molar-refractivity contribution < 1.29 is 22.6 Å². The highest BCUT2D eigenvalue weighted by molar-refractivity contribution is 7.89. The highest BCUT2D eigenvalue weighted by Gasteiger charge is 2.30. The van der Waals surface area contributed by atoms with Crippen molar-refractivity contribution in [3.63, 3.8) is 0 Å². The molecule has 0 saturated carbocycles. The van der Waals surface area contributed by atoms with Crippen LogP contribution >= 0.6 is 0 Å². The van der Waals surface area contributed by atoms with Crippen molar-refractivity contribution in [2.45, 2.75) is 31.4 Å². The number of hydrogen-bond donors (Lipinski definition) is 1. The highest BCUT2D eigenvalue weighted by atomic mass is 32.2. The van der Waals surface area contributed by atoms with E-state index in [0.717, 1.165) is 22.0 Å². The van der Waals surface area contributed by atoms with Crippen molar-refractivity contribution in [2.24, 2.45) is 0 Å². The predicted octanol–water partition coefficient (Wildman–Crippen LogP) is 2.76. The molecule has 0 radical (unpaired) electrons. The minimum atomic E-state index is -3.92. The number of pyridine rings is 1. The molecule has 1 aliphatic rings. The van der Waals surface area contributed by atoms with Crippen LogP contribution in [-0.2, 0) is 26.0 Å². The number of nitrogens with one attached hydrogen (secondary N) is 1. The lowest BCUT2D eigenvalue weighted by molar-refractivity contribution is -0.0923. The molecule has 0 aliphatic carbocycles. The number of ether oxygens (including phenoxy) is 3. The standard InChI is InChI=1S/C24H28N2O6S/c1-16-10-18-12-19(24(27)25-23(18)11-17(16)2)13-26(14-21-15-31-8-9-32-21)33(28,29)22-6-4-20(30-3)5-7-22/h4-7,10-12,21H,8-9,13-15H2,1-3H3,(H,25,27)/t21-/m1/s1. The van der Waals surface area contributed by atoms with Crippen molar-refractivity contribution in [1.29, 1.82) is 0 Å². The number of fused-ring (bicyclic) bond motifs is 1. The predicted molar refractivity (Wildman–Crippen MR) is 125 cm³/mol. The Morgan fingerprint density at radius 1 is 1.09 bits per heavy atom. The SMILES string of the molecule is COc1ccc(S(=O)(=O)N(Cc2cc3cc(C)c(C)cc3[nH]c2=O)C[C@@H]2COCCO2)cc1. The second-order valence-electron chi connectivity index (χ2n) is 8.19. The monoisotopic (exact) mass is 472 g/mol. The van der Waals surface area contributed by atoms with Crippen LogP contribution in [0.3, 0.4) is 0 Å². The Balaban J connectivity index is 1.72. The van der Waals surface area contributed by atoms with Gasteiger partial charge in [0.25, 0.3) is 5.56 Å². The van der Waals surface area contributed by atoms with Gasteiger partial charge in [0.05, 0.1) is 37.9 Å². The van der Waals surface area contributed by atoms with Crippen LogP contribution in [0.15, 0.2) is 52.2 Å². The third-order valence-electron chi connectivity index (χ3n) is 5.87. The van der Waals surface area contributed by atoms with Gasteiger partial charge in [0.2, 0.25) is 10.0 Å². The molecule has 1 aliphatic heterocycles. The summed E-state index contributed by atoms with van der Waals surface area (Å²) < 4.78 is 44.7. The molecular weight excluding hydrogens is 444 g/mol. The molecule has 1 atom stereocenters. The van der Waals surface area contributed by atoms with E-state index in [1.165, 1.54) is 23.5 Å². The molecule has 3 aromatic rings. The van der Waals surface area contributed by atoms with E-state index < -0.39 is 16.1 Å². The zero-order valence-electron chi connectivity index (χ0n) is 19.0. The van der Waals surface area contributed by atoms with Crippen LogP contribution in [0, 0.1) is 13.8 Å². The van der Waals surface area contributed by atoms with E-state index in [0.29, 0.717) is 31.1 Å². The first-order valence-electron chi connectivity index (χ1n) is 10.7. The van der Waals surface area contributed by atoms with Crippen LogP contribution in [0.5, 0.6) is 5.75 Å². The fraction of sp³-hybridized carbons (Fsp3) is 0.375. The van der Waals surface area contributed by atoms with Crippen LogP contribution in [-0.4, -0.2) is 57.3 Å². The summed E-state index contributed by atoms with van der Waals surface area (Å²) in [5.41, 5.74) is 2.93. The minimum absolute atomic E-state index is 0.0682. The second kappa shape index (κ2) is 9.64. The van der Waals surface area contributed by atoms with Gasteiger partial charge in [-0.1, -0.05) is 0 Å². The zero-order valence-corrected chi connectivity index (χ0v) is 19.8. The average molecular weight is 473 g/mol. The number of methoxy groups -OCH3 is 1. The first kappa shape index (κ1) is 23.4. The first-order valence-corrected chi connectivity index (χ1v) is 12.2. The van der Waals surface area contributed by atoms with Gasteiger partial charge in [-0.25, -0.2) is 8.42 Å². The Labute approximate surface area is 193 Å². The van der Waals surface area contributed by atoms with E-state index in [2.05, 4.69) is 4.98 Å². The van der Waals surface area contributed by atoms with Crippen LogP contribution in [0.25, 0.3) is 10.9 Å². The van der Waals surface area contributed by atoms with Gasteiger partial charge in [0.1, 0.15) is 5.75 Å². The summed E-state index contributed by atoms with van der Waals surface area (Å²) in [4.78, 5) is 15.9. The molecule has 4 rings (SSSR count). The lowest BCUT2D eigenvalue weighted by Crippen LogP contribution is -2.43. The summed E-state index contributed by atoms with van der Waals surface area (Å²) in [6, 6.07) is 11.9. The van der Waals surface area contributed by atoms with E-state index in [9.17, 15) is 13.2 Å². The van der Waals surface area contributed by atoms with Gasteiger partial charge in [-0.15, -0.1) is 0 Å². The van der Waals surface area contributed by atoms with E-state index in [-0.39, 0.29) is 23.5 Å². The van der Waals surface area contributed by atoms with Crippen molar-refractivity contribution in [1.82, 2.24) is 9.29 Å².